The van der Waals surface area contributed by atoms with Crippen LogP contribution < -0.4 is 5.32 Å². The predicted molar refractivity (Wildman–Crippen MR) is 135 cm³/mol. The number of amides is 1. The van der Waals surface area contributed by atoms with Gasteiger partial charge in [0.1, 0.15) is 29.3 Å². The van der Waals surface area contributed by atoms with Crippen molar-refractivity contribution in [1.29, 1.82) is 0 Å². The molecule has 0 saturated heterocycles. The summed E-state index contributed by atoms with van der Waals surface area (Å²) >= 11 is 0. The maximum absolute atomic E-state index is 12.4. The number of unbranched alkanes of at least 4 members (excludes halogenated alkanes) is 2. The zero-order valence-corrected chi connectivity index (χ0v) is 22.6. The van der Waals surface area contributed by atoms with E-state index in [-0.39, 0.29) is 11.9 Å². The molecule has 206 valence electrons. The lowest BCUT2D eigenvalue weighted by atomic mass is 10.1. The SMILES string of the molecule is CC(C)(C)OC(=O)CCCCCn1cc([C@H](CCCn2ccnc2[N+](=O)[O-])NC(=O)OC(C)(C)C)nn1. The molecular formula is C24H39N7O6. The number of aryl methyl sites for hydroxylation is 2. The third kappa shape index (κ3) is 11.4. The van der Waals surface area contributed by atoms with Crippen molar-refractivity contribution < 1.29 is 24.0 Å². The van der Waals surface area contributed by atoms with Crippen LogP contribution >= 0.6 is 0 Å². The Morgan fingerprint density at radius 3 is 2.41 bits per heavy atom. The molecule has 2 rings (SSSR count). The Balaban J connectivity index is 1.92. The summed E-state index contributed by atoms with van der Waals surface area (Å²) in [5, 5.41) is 22.4. The predicted octanol–water partition coefficient (Wildman–Crippen LogP) is 4.33. The van der Waals surface area contributed by atoms with Crippen LogP contribution in [0.2, 0.25) is 0 Å². The number of hydrogen-bond donors (Lipinski definition) is 1. The van der Waals surface area contributed by atoms with Crippen LogP contribution in [0.3, 0.4) is 0 Å². The number of carbonyl (C=O) groups is 2. The summed E-state index contributed by atoms with van der Waals surface area (Å²) < 4.78 is 13.9. The highest BCUT2D eigenvalue weighted by molar-refractivity contribution is 5.69. The van der Waals surface area contributed by atoms with Gasteiger partial charge in [0.2, 0.25) is 0 Å². The van der Waals surface area contributed by atoms with Crippen LogP contribution in [0.4, 0.5) is 10.7 Å². The summed E-state index contributed by atoms with van der Waals surface area (Å²) in [4.78, 5) is 38.6. The summed E-state index contributed by atoms with van der Waals surface area (Å²) in [6.07, 6.45) is 7.84. The number of alkyl carbamates (subject to hydrolysis) is 1. The molecule has 0 bridgehead atoms. The van der Waals surface area contributed by atoms with Gasteiger partial charge in [0.25, 0.3) is 0 Å². The molecule has 2 aromatic heterocycles. The number of nitrogens with one attached hydrogen (secondary N) is 1. The van der Waals surface area contributed by atoms with Crippen molar-refractivity contribution >= 4 is 18.0 Å². The summed E-state index contributed by atoms with van der Waals surface area (Å²) in [5.74, 6) is -0.429. The van der Waals surface area contributed by atoms with Crippen LogP contribution in [0.1, 0.15) is 91.8 Å². The zero-order valence-electron chi connectivity index (χ0n) is 22.6. The minimum Gasteiger partial charge on any atom is -0.460 e. The van der Waals surface area contributed by atoms with Crippen LogP contribution in [-0.4, -0.2) is 52.7 Å². The molecule has 0 unspecified atom stereocenters. The number of hydrogen-bond acceptors (Lipinski definition) is 9. The molecule has 13 nitrogen and oxygen atoms in total. The van der Waals surface area contributed by atoms with Gasteiger partial charge in [-0.15, -0.1) is 5.10 Å². The lowest BCUT2D eigenvalue weighted by Gasteiger charge is -2.22. The van der Waals surface area contributed by atoms with E-state index in [0.29, 0.717) is 38.0 Å². The molecule has 0 radical (unpaired) electrons. The quantitative estimate of drug-likeness (QED) is 0.175. The Hall–Kier alpha value is -3.51. The fourth-order valence-electron chi connectivity index (χ4n) is 3.55. The minimum absolute atomic E-state index is 0.201. The van der Waals surface area contributed by atoms with Gasteiger partial charge in [-0.1, -0.05) is 16.6 Å². The second-order valence-corrected chi connectivity index (χ2v) is 10.8. The van der Waals surface area contributed by atoms with Crippen molar-refractivity contribution in [3.63, 3.8) is 0 Å². The standard InChI is InChI=1S/C24H39N7O6/c1-23(2,3)36-20(32)12-8-7-9-15-30-17-19(27-28-30)18(26-22(33)37-24(4,5)6)11-10-14-29-16-13-25-21(29)31(34)35/h13,16-18H,7-12,14-15H2,1-6H3,(H,26,33)/t18-/m0/s1. The van der Waals surface area contributed by atoms with E-state index in [0.717, 1.165) is 19.3 Å². The highest BCUT2D eigenvalue weighted by Gasteiger charge is 2.23. The molecule has 0 fully saturated rings. The first-order valence-electron chi connectivity index (χ1n) is 12.5. The number of carbonyl (C=O) groups excluding carboxylic acids is 2. The number of rotatable bonds is 13. The van der Waals surface area contributed by atoms with Gasteiger partial charge in [-0.2, -0.15) is 0 Å². The van der Waals surface area contributed by atoms with Crippen LogP contribution in [0.5, 0.6) is 0 Å². The van der Waals surface area contributed by atoms with Crippen molar-refractivity contribution in [2.24, 2.45) is 0 Å². The average Bonchev–Trinajstić information content (AvgIpc) is 3.40. The second-order valence-electron chi connectivity index (χ2n) is 10.8. The summed E-state index contributed by atoms with van der Waals surface area (Å²) in [5.41, 5.74) is -0.575. The first-order chi connectivity index (χ1) is 17.2. The Kier molecular flexibility index (Phi) is 10.6. The molecule has 1 amide bonds. The average molecular weight is 522 g/mol. The number of aromatic nitrogens is 5. The summed E-state index contributed by atoms with van der Waals surface area (Å²) in [6, 6.07) is -0.488. The molecule has 2 aromatic rings. The third-order valence-corrected chi connectivity index (χ3v) is 5.04. The monoisotopic (exact) mass is 521 g/mol. The molecule has 0 aliphatic rings. The fourth-order valence-corrected chi connectivity index (χ4v) is 3.55. The Bertz CT molecular complexity index is 1040. The zero-order chi connectivity index (χ0) is 27.6. The van der Waals surface area contributed by atoms with Crippen molar-refractivity contribution in [2.45, 2.75) is 110 Å². The normalized spacial score (nSPS) is 12.7. The van der Waals surface area contributed by atoms with E-state index in [1.807, 2.05) is 20.8 Å². The van der Waals surface area contributed by atoms with E-state index in [2.05, 4.69) is 20.6 Å². The first-order valence-corrected chi connectivity index (χ1v) is 12.5. The first kappa shape index (κ1) is 29.7. The van der Waals surface area contributed by atoms with Gasteiger partial charge < -0.3 is 24.9 Å². The molecule has 0 saturated carbocycles. The molecule has 0 spiro atoms. The van der Waals surface area contributed by atoms with Crippen molar-refractivity contribution in [3.05, 3.63) is 34.4 Å². The van der Waals surface area contributed by atoms with Gasteiger partial charge in [0.15, 0.2) is 0 Å². The van der Waals surface area contributed by atoms with E-state index in [4.69, 9.17) is 9.47 Å². The molecule has 0 aliphatic heterocycles. The Labute approximate surface area is 217 Å². The largest absolute Gasteiger partial charge is 0.460 e. The maximum atomic E-state index is 12.4. The van der Waals surface area contributed by atoms with E-state index in [9.17, 15) is 19.7 Å². The lowest BCUT2D eigenvalue weighted by molar-refractivity contribution is -0.396. The fraction of sp³-hybridized carbons (Fsp3) is 0.708. The topological polar surface area (TPSA) is 156 Å². The maximum Gasteiger partial charge on any atom is 0.434 e. The molecule has 37 heavy (non-hydrogen) atoms. The van der Waals surface area contributed by atoms with Crippen LogP contribution in [0.25, 0.3) is 0 Å². The Morgan fingerprint density at radius 1 is 1.05 bits per heavy atom. The molecule has 1 N–H and O–H groups in total. The van der Waals surface area contributed by atoms with Gasteiger partial charge in [-0.3, -0.25) is 9.48 Å². The number of ether oxygens (including phenoxy) is 2. The molecule has 0 aliphatic carbocycles. The van der Waals surface area contributed by atoms with Crippen LogP contribution in [0, 0.1) is 10.1 Å². The van der Waals surface area contributed by atoms with Gasteiger partial charge in [0.05, 0.1) is 18.8 Å². The van der Waals surface area contributed by atoms with Crippen LogP contribution in [-0.2, 0) is 27.4 Å². The lowest BCUT2D eigenvalue weighted by Crippen LogP contribution is -2.35. The van der Waals surface area contributed by atoms with Gasteiger partial charge in [-0.05, 0) is 72.1 Å². The van der Waals surface area contributed by atoms with Crippen molar-refractivity contribution in [3.8, 4) is 0 Å². The molecule has 0 aromatic carbocycles. The van der Waals surface area contributed by atoms with Crippen LogP contribution in [0.15, 0.2) is 18.6 Å². The van der Waals surface area contributed by atoms with E-state index in [1.54, 1.807) is 37.8 Å². The van der Waals surface area contributed by atoms with E-state index >= 15 is 0 Å². The molecule has 13 heteroatoms. The van der Waals surface area contributed by atoms with Crippen molar-refractivity contribution in [2.75, 3.05) is 0 Å². The van der Waals surface area contributed by atoms with E-state index in [1.165, 1.54) is 10.8 Å². The minimum atomic E-state index is -0.664. The van der Waals surface area contributed by atoms with Gasteiger partial charge in [-0.25, -0.2) is 9.36 Å². The second kappa shape index (κ2) is 13.2. The smallest absolute Gasteiger partial charge is 0.434 e. The highest BCUT2D eigenvalue weighted by atomic mass is 16.6. The van der Waals surface area contributed by atoms with Gasteiger partial charge in [0, 0.05) is 13.0 Å². The van der Waals surface area contributed by atoms with Gasteiger partial charge >= 0.3 is 18.0 Å². The number of esters is 1. The van der Waals surface area contributed by atoms with Crippen molar-refractivity contribution in [1.82, 2.24) is 29.9 Å². The number of nitrogens with zero attached hydrogens (tertiary/aromatic N) is 6. The third-order valence-electron chi connectivity index (χ3n) is 5.04. The highest BCUT2D eigenvalue weighted by Crippen LogP contribution is 2.20. The number of nitro groups is 1. The molecule has 1 atom stereocenters. The summed E-state index contributed by atoms with van der Waals surface area (Å²) in [7, 11) is 0. The molecular weight excluding hydrogens is 482 g/mol. The Morgan fingerprint density at radius 2 is 1.76 bits per heavy atom. The summed E-state index contributed by atoms with van der Waals surface area (Å²) in [6.45, 7) is 11.8. The number of imidazole rings is 1. The van der Waals surface area contributed by atoms with E-state index < -0.39 is 28.3 Å². The molecule has 2 heterocycles.